The van der Waals surface area contributed by atoms with E-state index in [1.165, 1.54) is 0 Å². The summed E-state index contributed by atoms with van der Waals surface area (Å²) >= 11 is 3.69. The van der Waals surface area contributed by atoms with Crippen molar-refractivity contribution < 1.29 is 19.1 Å². The normalized spacial score (nSPS) is 31.5. The number of carbonyl (C=O) groups excluding carboxylic acids is 2. The van der Waals surface area contributed by atoms with Crippen molar-refractivity contribution in [3.05, 3.63) is 35.9 Å². The number of amides is 1. The van der Waals surface area contributed by atoms with Gasteiger partial charge in [0.05, 0.1) is 25.2 Å². The van der Waals surface area contributed by atoms with Gasteiger partial charge in [-0.05, 0) is 18.9 Å². The lowest BCUT2D eigenvalue weighted by molar-refractivity contribution is -0.155. The van der Waals surface area contributed by atoms with Crippen LogP contribution in [0.4, 0.5) is 0 Å². The number of esters is 1. The molecule has 24 heavy (non-hydrogen) atoms. The molecule has 2 aliphatic rings. The van der Waals surface area contributed by atoms with Gasteiger partial charge in [0, 0.05) is 6.54 Å². The van der Waals surface area contributed by atoms with E-state index in [1.807, 2.05) is 30.3 Å². The number of β-lactam (4-membered cyclic amide) rings is 1. The van der Waals surface area contributed by atoms with E-state index in [0.29, 0.717) is 13.2 Å². The van der Waals surface area contributed by atoms with Gasteiger partial charge in [-0.25, -0.2) is 0 Å². The lowest BCUT2D eigenvalue weighted by atomic mass is 9.78. The van der Waals surface area contributed by atoms with Crippen LogP contribution < -0.4 is 0 Å². The monoisotopic (exact) mass is 395 g/mol. The zero-order chi connectivity index (χ0) is 17.3. The fraction of sp³-hybridized carbons (Fsp3) is 0.556. The third-order valence-corrected chi connectivity index (χ3v) is 5.90. The minimum atomic E-state index is -0.732. The molecule has 4 atom stereocenters. The van der Waals surface area contributed by atoms with E-state index in [1.54, 1.807) is 11.8 Å². The van der Waals surface area contributed by atoms with Gasteiger partial charge in [0.1, 0.15) is 6.10 Å². The first-order chi connectivity index (χ1) is 11.5. The molecule has 0 aromatic heterocycles. The van der Waals surface area contributed by atoms with Gasteiger partial charge in [-0.1, -0.05) is 53.2 Å². The first-order valence-electron chi connectivity index (χ1n) is 8.40. The topological polar surface area (TPSA) is 59.1 Å². The van der Waals surface area contributed by atoms with Crippen molar-refractivity contribution in [1.82, 2.24) is 4.90 Å². The van der Waals surface area contributed by atoms with Crippen LogP contribution in [0.3, 0.4) is 0 Å². The number of alkyl halides is 1. The Balaban J connectivity index is 1.79. The number of rotatable bonds is 7. The highest BCUT2D eigenvalue weighted by Gasteiger charge is 2.70. The lowest BCUT2D eigenvalue weighted by Gasteiger charge is -2.53. The third-order valence-electron chi connectivity index (χ3n) is 4.67. The summed E-state index contributed by atoms with van der Waals surface area (Å²) in [5.74, 6) is -0.292. The Morgan fingerprint density at radius 2 is 2.04 bits per heavy atom. The molecule has 6 heteroatoms. The molecule has 0 unspecified atom stereocenters. The number of benzene rings is 1. The zero-order valence-corrected chi connectivity index (χ0v) is 15.5. The fourth-order valence-corrected chi connectivity index (χ4v) is 4.59. The molecule has 0 bridgehead atoms. The number of epoxide rings is 1. The van der Waals surface area contributed by atoms with Crippen LogP contribution in [0.5, 0.6) is 0 Å². The molecule has 3 rings (SSSR count). The predicted octanol–water partition coefficient (Wildman–Crippen LogP) is 2.83. The Morgan fingerprint density at radius 1 is 1.33 bits per heavy atom. The molecular weight excluding hydrogens is 374 g/mol. The molecule has 0 radical (unpaired) electrons. The highest BCUT2D eigenvalue weighted by molar-refractivity contribution is 9.10. The van der Waals surface area contributed by atoms with Gasteiger partial charge in [0.25, 0.3) is 0 Å². The number of likely N-dealkylation sites (tertiary alicyclic amines) is 1. The molecule has 1 amide bonds. The predicted molar refractivity (Wildman–Crippen MR) is 92.8 cm³/mol. The van der Waals surface area contributed by atoms with Gasteiger partial charge in [0.15, 0.2) is 4.32 Å². The zero-order valence-electron chi connectivity index (χ0n) is 13.9. The second-order valence-corrected chi connectivity index (χ2v) is 7.45. The van der Waals surface area contributed by atoms with Crippen molar-refractivity contribution >= 4 is 27.8 Å². The van der Waals surface area contributed by atoms with E-state index in [2.05, 4.69) is 22.9 Å². The maximum absolute atomic E-state index is 12.8. The Morgan fingerprint density at radius 3 is 2.62 bits per heavy atom. The molecule has 2 fully saturated rings. The summed E-state index contributed by atoms with van der Waals surface area (Å²) in [6, 6.07) is 9.75. The van der Waals surface area contributed by atoms with Crippen LogP contribution in [0.1, 0.15) is 38.3 Å². The molecule has 1 aromatic rings. The summed E-state index contributed by atoms with van der Waals surface area (Å²) in [5.41, 5.74) is 1.04. The van der Waals surface area contributed by atoms with Crippen molar-refractivity contribution in [2.24, 2.45) is 0 Å². The molecule has 130 valence electrons. The van der Waals surface area contributed by atoms with Crippen LogP contribution in [0.15, 0.2) is 30.3 Å². The molecule has 1 aromatic carbocycles. The van der Waals surface area contributed by atoms with Gasteiger partial charge >= 0.3 is 5.97 Å². The van der Waals surface area contributed by atoms with Crippen LogP contribution in [-0.2, 0) is 19.1 Å². The van der Waals surface area contributed by atoms with Gasteiger partial charge in [-0.2, -0.15) is 0 Å². The lowest BCUT2D eigenvalue weighted by Crippen LogP contribution is -2.68. The quantitative estimate of drug-likeness (QED) is 0.308. The molecule has 2 heterocycles. The van der Waals surface area contributed by atoms with E-state index in [9.17, 15) is 9.59 Å². The molecule has 2 saturated heterocycles. The van der Waals surface area contributed by atoms with Crippen molar-refractivity contribution in [2.45, 2.75) is 49.3 Å². The second-order valence-electron chi connectivity index (χ2n) is 6.14. The highest BCUT2D eigenvalue weighted by atomic mass is 79.9. The molecule has 0 saturated carbocycles. The van der Waals surface area contributed by atoms with E-state index >= 15 is 0 Å². The highest BCUT2D eigenvalue weighted by Crippen LogP contribution is 2.57. The second kappa shape index (κ2) is 6.84. The van der Waals surface area contributed by atoms with Crippen LogP contribution in [0.2, 0.25) is 0 Å². The number of hydrogen-bond acceptors (Lipinski definition) is 4. The Labute approximate surface area is 150 Å². The van der Waals surface area contributed by atoms with E-state index in [-0.39, 0.29) is 36.5 Å². The summed E-state index contributed by atoms with van der Waals surface area (Å²) in [7, 11) is 0. The van der Waals surface area contributed by atoms with Crippen LogP contribution in [0.25, 0.3) is 0 Å². The number of hydrogen-bond donors (Lipinski definition) is 0. The Hall–Kier alpha value is -1.40. The largest absolute Gasteiger partial charge is 0.466 e. The first kappa shape index (κ1) is 17.4. The minimum Gasteiger partial charge on any atom is -0.466 e. The summed E-state index contributed by atoms with van der Waals surface area (Å²) in [6.07, 6.45) is 1.09. The number of carbonyl (C=O) groups is 2. The fourth-order valence-electron chi connectivity index (χ4n) is 3.45. The summed E-state index contributed by atoms with van der Waals surface area (Å²) < 4.78 is 9.96. The van der Waals surface area contributed by atoms with Crippen molar-refractivity contribution in [3.63, 3.8) is 0 Å². The number of halogens is 1. The molecule has 5 nitrogen and oxygen atoms in total. The third kappa shape index (κ3) is 2.86. The average Bonchev–Trinajstić information content (AvgIpc) is 3.38. The minimum absolute atomic E-state index is 0.0124. The summed E-state index contributed by atoms with van der Waals surface area (Å²) in [6.45, 7) is 4.54. The average molecular weight is 396 g/mol. The van der Waals surface area contributed by atoms with Crippen molar-refractivity contribution in [1.29, 1.82) is 0 Å². The molecule has 0 aliphatic carbocycles. The number of nitrogens with zero attached hydrogens (tertiary/aromatic N) is 1. The smallest absolute Gasteiger partial charge is 0.307 e. The first-order valence-corrected chi connectivity index (χ1v) is 9.19. The van der Waals surface area contributed by atoms with Gasteiger partial charge < -0.3 is 14.4 Å². The maximum atomic E-state index is 12.8. The molecular formula is C18H22BrNO4. The van der Waals surface area contributed by atoms with Crippen LogP contribution in [-0.4, -0.2) is 46.5 Å². The van der Waals surface area contributed by atoms with Crippen molar-refractivity contribution in [3.8, 4) is 0 Å². The SMILES string of the molecule is CCOC(=O)CCN1C(=O)[C@@](Br)([C@H]2O[C@H]2CC)[C@@H]1c1ccccc1. The van der Waals surface area contributed by atoms with E-state index in [4.69, 9.17) is 9.47 Å². The summed E-state index contributed by atoms with van der Waals surface area (Å²) in [4.78, 5) is 26.2. The van der Waals surface area contributed by atoms with Gasteiger partial charge in [-0.15, -0.1) is 0 Å². The van der Waals surface area contributed by atoms with Gasteiger partial charge in [-0.3, -0.25) is 9.59 Å². The van der Waals surface area contributed by atoms with Crippen LogP contribution >= 0.6 is 15.9 Å². The Bertz CT molecular complexity index is 623. The molecule has 0 N–H and O–H groups in total. The molecule has 0 spiro atoms. The van der Waals surface area contributed by atoms with E-state index in [0.717, 1.165) is 12.0 Å². The Kier molecular flexibility index (Phi) is 4.97. The van der Waals surface area contributed by atoms with Crippen LogP contribution in [0, 0.1) is 0 Å². The number of ether oxygens (including phenoxy) is 2. The van der Waals surface area contributed by atoms with Crippen molar-refractivity contribution in [2.75, 3.05) is 13.2 Å². The van der Waals surface area contributed by atoms with E-state index < -0.39 is 4.32 Å². The standard InChI is InChI=1S/C18H22BrNO4/c1-3-13-16(24-13)18(19)15(12-8-6-5-7-9-12)20(17(18)22)11-10-14(21)23-4-2/h5-9,13,15-16H,3-4,10-11H2,1-2H3/t13-,15-,16-,18-/m0/s1. The summed E-state index contributed by atoms with van der Waals surface area (Å²) in [5, 5.41) is 0. The molecule has 2 aliphatic heterocycles. The maximum Gasteiger partial charge on any atom is 0.307 e. The van der Waals surface area contributed by atoms with Gasteiger partial charge in [0.2, 0.25) is 5.91 Å².